The molecule has 3 rings (SSSR count). The number of anilines is 1. The molecule has 146 valence electrons. The van der Waals surface area contributed by atoms with Crippen molar-refractivity contribution in [3.8, 4) is 0 Å². The van der Waals surface area contributed by atoms with Crippen LogP contribution in [0.25, 0.3) is 0 Å². The Kier molecular flexibility index (Phi) is 5.89. The van der Waals surface area contributed by atoms with Gasteiger partial charge in [-0.1, -0.05) is 41.9 Å². The monoisotopic (exact) mass is 405 g/mol. The summed E-state index contributed by atoms with van der Waals surface area (Å²) in [6.07, 6.45) is -1.82. The first-order valence-corrected chi connectivity index (χ1v) is 9.03. The van der Waals surface area contributed by atoms with E-state index in [-0.39, 0.29) is 0 Å². The molecule has 0 atom stereocenters. The van der Waals surface area contributed by atoms with Crippen LogP contribution < -0.4 is 4.90 Å². The molecule has 0 fully saturated rings. The molecule has 0 saturated heterocycles. The van der Waals surface area contributed by atoms with Gasteiger partial charge in [-0.2, -0.15) is 13.2 Å². The van der Waals surface area contributed by atoms with E-state index in [0.717, 1.165) is 22.9 Å². The predicted molar refractivity (Wildman–Crippen MR) is 105 cm³/mol. The van der Waals surface area contributed by atoms with Crippen molar-refractivity contribution in [3.63, 3.8) is 0 Å². The van der Waals surface area contributed by atoms with Crippen LogP contribution in [0.5, 0.6) is 0 Å². The van der Waals surface area contributed by atoms with E-state index in [9.17, 15) is 13.2 Å². The summed E-state index contributed by atoms with van der Waals surface area (Å²) in [5.41, 5.74) is 2.49. The fourth-order valence-corrected chi connectivity index (χ4v) is 2.95. The number of rotatable bonds is 5. The third-order valence-corrected chi connectivity index (χ3v) is 4.53. The molecule has 7 heteroatoms. The molecule has 0 saturated carbocycles. The summed E-state index contributed by atoms with van der Waals surface area (Å²) in [6, 6.07) is 12.8. The summed E-state index contributed by atoms with van der Waals surface area (Å²) in [7, 11) is 3.68. The SMILES string of the molecule is CN(C)c1ncc(Cc2cccc(C(F)(F)F)c2)c(Cc2ccc(Cl)cc2)n1. The van der Waals surface area contributed by atoms with Crippen LogP contribution in [0.1, 0.15) is 27.9 Å². The molecule has 1 heterocycles. The van der Waals surface area contributed by atoms with Crippen LogP contribution in [0.3, 0.4) is 0 Å². The van der Waals surface area contributed by atoms with Gasteiger partial charge in [-0.25, -0.2) is 9.97 Å². The first kappa shape index (κ1) is 20.1. The lowest BCUT2D eigenvalue weighted by Crippen LogP contribution is -2.15. The fraction of sp³-hybridized carbons (Fsp3) is 0.238. The molecule has 0 N–H and O–H groups in total. The van der Waals surface area contributed by atoms with Gasteiger partial charge in [-0.05, 0) is 34.9 Å². The highest BCUT2D eigenvalue weighted by molar-refractivity contribution is 6.30. The molecule has 3 aromatic rings. The summed E-state index contributed by atoms with van der Waals surface area (Å²) in [4.78, 5) is 10.7. The second kappa shape index (κ2) is 8.19. The number of aromatic nitrogens is 2. The van der Waals surface area contributed by atoms with E-state index in [1.807, 2.05) is 26.2 Å². The maximum Gasteiger partial charge on any atom is 0.416 e. The Morgan fingerprint density at radius 3 is 2.32 bits per heavy atom. The maximum absolute atomic E-state index is 13.0. The molecule has 0 aliphatic heterocycles. The standard InChI is InChI=1S/C21H19ClF3N3/c1-28(2)20-26-13-16(10-15-4-3-5-17(11-15)21(23,24)25)19(27-20)12-14-6-8-18(22)9-7-14/h3-9,11,13H,10,12H2,1-2H3. The molecule has 0 bridgehead atoms. The van der Waals surface area contributed by atoms with Crippen molar-refractivity contribution in [2.75, 3.05) is 19.0 Å². The lowest BCUT2D eigenvalue weighted by Gasteiger charge is -2.15. The van der Waals surface area contributed by atoms with Gasteiger partial charge in [0.2, 0.25) is 5.95 Å². The normalized spacial score (nSPS) is 11.5. The van der Waals surface area contributed by atoms with Gasteiger partial charge in [0, 0.05) is 38.2 Å². The Hall–Kier alpha value is -2.60. The van der Waals surface area contributed by atoms with Crippen LogP contribution in [0.15, 0.2) is 54.7 Å². The number of hydrogen-bond donors (Lipinski definition) is 0. The van der Waals surface area contributed by atoms with Crippen molar-refractivity contribution in [1.82, 2.24) is 9.97 Å². The topological polar surface area (TPSA) is 29.0 Å². The van der Waals surface area contributed by atoms with Crippen LogP contribution in [0.4, 0.5) is 19.1 Å². The second-order valence-corrected chi connectivity index (χ2v) is 7.15. The first-order chi connectivity index (χ1) is 13.2. The number of benzene rings is 2. The van der Waals surface area contributed by atoms with Crippen molar-refractivity contribution in [3.05, 3.63) is 87.7 Å². The molecule has 3 nitrogen and oxygen atoms in total. The van der Waals surface area contributed by atoms with Gasteiger partial charge in [-0.3, -0.25) is 0 Å². The van der Waals surface area contributed by atoms with E-state index in [0.29, 0.717) is 29.4 Å². The van der Waals surface area contributed by atoms with Crippen molar-refractivity contribution < 1.29 is 13.2 Å². The van der Waals surface area contributed by atoms with Crippen molar-refractivity contribution >= 4 is 17.5 Å². The number of halogens is 4. The van der Waals surface area contributed by atoms with Gasteiger partial charge in [0.05, 0.1) is 11.3 Å². The quantitative estimate of drug-likeness (QED) is 0.569. The fourth-order valence-electron chi connectivity index (χ4n) is 2.82. The number of alkyl halides is 3. The van der Waals surface area contributed by atoms with Crippen molar-refractivity contribution in [1.29, 1.82) is 0 Å². The minimum atomic E-state index is -4.37. The van der Waals surface area contributed by atoms with Gasteiger partial charge in [0.15, 0.2) is 0 Å². The Balaban J connectivity index is 1.95. The highest BCUT2D eigenvalue weighted by Gasteiger charge is 2.30. The third-order valence-electron chi connectivity index (χ3n) is 4.28. The van der Waals surface area contributed by atoms with Gasteiger partial charge in [0.1, 0.15) is 0 Å². The molecule has 1 aromatic heterocycles. The number of nitrogens with zero attached hydrogens (tertiary/aromatic N) is 3. The molecule has 2 aromatic carbocycles. The van der Waals surface area contributed by atoms with E-state index < -0.39 is 11.7 Å². The predicted octanol–water partition coefficient (Wildman–Crippen LogP) is 5.40. The molecule has 0 unspecified atom stereocenters. The molecule has 0 aliphatic carbocycles. The van der Waals surface area contributed by atoms with E-state index in [4.69, 9.17) is 11.6 Å². The molecule has 0 amide bonds. The maximum atomic E-state index is 13.0. The summed E-state index contributed by atoms with van der Waals surface area (Å²) in [5, 5.41) is 0.643. The van der Waals surface area contributed by atoms with Gasteiger partial charge < -0.3 is 4.90 Å². The van der Waals surface area contributed by atoms with Crippen molar-refractivity contribution in [2.24, 2.45) is 0 Å². The molecule has 0 spiro atoms. The molecular weight excluding hydrogens is 387 g/mol. The zero-order valence-electron chi connectivity index (χ0n) is 15.5. The average molecular weight is 406 g/mol. The zero-order valence-corrected chi connectivity index (χ0v) is 16.2. The van der Waals surface area contributed by atoms with E-state index in [1.54, 1.807) is 29.3 Å². The van der Waals surface area contributed by atoms with E-state index in [1.165, 1.54) is 12.1 Å². The van der Waals surface area contributed by atoms with Gasteiger partial charge in [0.25, 0.3) is 0 Å². The first-order valence-electron chi connectivity index (χ1n) is 8.65. The molecule has 0 aliphatic rings. The smallest absolute Gasteiger partial charge is 0.347 e. The highest BCUT2D eigenvalue weighted by Crippen LogP contribution is 2.30. The lowest BCUT2D eigenvalue weighted by molar-refractivity contribution is -0.137. The minimum absolute atomic E-state index is 0.320. The Labute approximate surface area is 166 Å². The second-order valence-electron chi connectivity index (χ2n) is 6.71. The summed E-state index contributed by atoms with van der Waals surface area (Å²) < 4.78 is 39.0. The van der Waals surface area contributed by atoms with Gasteiger partial charge >= 0.3 is 6.18 Å². The largest absolute Gasteiger partial charge is 0.416 e. The molecular formula is C21H19ClF3N3. The van der Waals surface area contributed by atoms with Crippen LogP contribution in [-0.4, -0.2) is 24.1 Å². The van der Waals surface area contributed by atoms with E-state index >= 15 is 0 Å². The average Bonchev–Trinajstić information content (AvgIpc) is 2.64. The van der Waals surface area contributed by atoms with Crippen LogP contribution in [0, 0.1) is 0 Å². The third kappa shape index (κ3) is 5.01. The van der Waals surface area contributed by atoms with Gasteiger partial charge in [-0.15, -0.1) is 0 Å². The Morgan fingerprint density at radius 1 is 0.964 bits per heavy atom. The summed E-state index contributed by atoms with van der Waals surface area (Å²) in [5.74, 6) is 0.553. The highest BCUT2D eigenvalue weighted by atomic mass is 35.5. The van der Waals surface area contributed by atoms with E-state index in [2.05, 4.69) is 9.97 Å². The zero-order chi connectivity index (χ0) is 20.3. The van der Waals surface area contributed by atoms with Crippen LogP contribution >= 0.6 is 11.6 Å². The molecule has 28 heavy (non-hydrogen) atoms. The summed E-state index contributed by atoms with van der Waals surface area (Å²) in [6.45, 7) is 0. The summed E-state index contributed by atoms with van der Waals surface area (Å²) >= 11 is 5.95. The Morgan fingerprint density at radius 2 is 1.68 bits per heavy atom. The van der Waals surface area contributed by atoms with Crippen LogP contribution in [0.2, 0.25) is 5.02 Å². The minimum Gasteiger partial charge on any atom is -0.347 e. The molecule has 0 radical (unpaired) electrons. The van der Waals surface area contributed by atoms with Crippen LogP contribution in [-0.2, 0) is 19.0 Å². The lowest BCUT2D eigenvalue weighted by atomic mass is 9.99. The number of hydrogen-bond acceptors (Lipinski definition) is 3. The Bertz CT molecular complexity index is 954. The van der Waals surface area contributed by atoms with Crippen molar-refractivity contribution in [2.45, 2.75) is 19.0 Å².